The normalized spacial score (nSPS) is 11.7. The van der Waals surface area contributed by atoms with Crippen molar-refractivity contribution in [3.8, 4) is 5.75 Å². The Morgan fingerprint density at radius 3 is 2.78 bits per heavy atom. The van der Waals surface area contributed by atoms with E-state index in [2.05, 4.69) is 31.1 Å². The molecule has 0 fully saturated rings. The SMILES string of the molecule is Oc1c(N=Nc2nc3ccc(Br)cc3s2)ccc2ccccc12. The van der Waals surface area contributed by atoms with Crippen molar-refractivity contribution in [2.45, 2.75) is 0 Å². The molecule has 4 aromatic rings. The van der Waals surface area contributed by atoms with Gasteiger partial charge in [-0.25, -0.2) is 4.98 Å². The van der Waals surface area contributed by atoms with Crippen LogP contribution in [0.15, 0.2) is 69.3 Å². The second-order valence-electron chi connectivity index (χ2n) is 4.96. The van der Waals surface area contributed by atoms with E-state index in [-0.39, 0.29) is 5.75 Å². The van der Waals surface area contributed by atoms with Gasteiger partial charge in [-0.3, -0.25) is 0 Å². The lowest BCUT2D eigenvalue weighted by Crippen LogP contribution is -1.74. The number of aromatic hydroxyl groups is 1. The van der Waals surface area contributed by atoms with Crippen molar-refractivity contribution in [1.29, 1.82) is 0 Å². The number of rotatable bonds is 2. The Kier molecular flexibility index (Phi) is 3.55. The third kappa shape index (κ3) is 2.71. The van der Waals surface area contributed by atoms with Crippen molar-refractivity contribution < 1.29 is 5.11 Å². The average molecular weight is 384 g/mol. The number of phenolic OH excluding ortho intramolecular Hbond substituents is 1. The largest absolute Gasteiger partial charge is 0.505 e. The molecule has 4 nitrogen and oxygen atoms in total. The van der Waals surface area contributed by atoms with Crippen molar-refractivity contribution in [3.05, 3.63) is 59.1 Å². The average Bonchev–Trinajstić information content (AvgIpc) is 2.96. The summed E-state index contributed by atoms with van der Waals surface area (Å²) >= 11 is 4.90. The Balaban J connectivity index is 1.73. The van der Waals surface area contributed by atoms with E-state index < -0.39 is 0 Å². The fourth-order valence-corrected chi connectivity index (χ4v) is 3.69. The molecule has 1 heterocycles. The fraction of sp³-hybridized carbons (Fsp3) is 0. The lowest BCUT2D eigenvalue weighted by Gasteiger charge is -2.02. The van der Waals surface area contributed by atoms with Gasteiger partial charge in [-0.1, -0.05) is 57.6 Å². The highest BCUT2D eigenvalue weighted by molar-refractivity contribution is 9.10. The summed E-state index contributed by atoms with van der Waals surface area (Å²) in [7, 11) is 0. The van der Waals surface area contributed by atoms with Gasteiger partial charge in [0.05, 0.1) is 10.2 Å². The van der Waals surface area contributed by atoms with Gasteiger partial charge >= 0.3 is 0 Å². The molecule has 1 N–H and O–H groups in total. The first-order valence-electron chi connectivity index (χ1n) is 6.89. The van der Waals surface area contributed by atoms with Crippen molar-refractivity contribution in [2.75, 3.05) is 0 Å². The third-order valence-corrected chi connectivity index (χ3v) is 4.86. The van der Waals surface area contributed by atoms with Gasteiger partial charge in [0.25, 0.3) is 0 Å². The molecule has 0 saturated heterocycles. The first-order chi connectivity index (χ1) is 11.2. The van der Waals surface area contributed by atoms with Crippen LogP contribution in [0, 0.1) is 0 Å². The Morgan fingerprint density at radius 2 is 1.87 bits per heavy atom. The predicted molar refractivity (Wildman–Crippen MR) is 97.1 cm³/mol. The van der Waals surface area contributed by atoms with Gasteiger partial charge in [0, 0.05) is 9.86 Å². The molecule has 112 valence electrons. The molecule has 3 aromatic carbocycles. The van der Waals surface area contributed by atoms with Crippen LogP contribution in [-0.4, -0.2) is 10.1 Å². The van der Waals surface area contributed by atoms with Gasteiger partial charge in [-0.2, -0.15) is 0 Å². The Hall–Kier alpha value is -2.31. The maximum Gasteiger partial charge on any atom is 0.231 e. The molecule has 23 heavy (non-hydrogen) atoms. The number of halogens is 1. The molecule has 0 aliphatic carbocycles. The Bertz CT molecular complexity index is 1060. The summed E-state index contributed by atoms with van der Waals surface area (Å²) in [5.41, 5.74) is 1.32. The maximum atomic E-state index is 10.3. The monoisotopic (exact) mass is 383 g/mol. The van der Waals surface area contributed by atoms with Crippen LogP contribution in [0.2, 0.25) is 0 Å². The highest BCUT2D eigenvalue weighted by atomic mass is 79.9. The van der Waals surface area contributed by atoms with Crippen LogP contribution < -0.4 is 0 Å². The molecule has 0 spiro atoms. The molecule has 1 aromatic heterocycles. The number of nitrogens with zero attached hydrogens (tertiary/aromatic N) is 3. The van der Waals surface area contributed by atoms with Crippen LogP contribution >= 0.6 is 27.3 Å². The number of fused-ring (bicyclic) bond motifs is 2. The molecule has 0 saturated carbocycles. The minimum Gasteiger partial charge on any atom is -0.505 e. The van der Waals surface area contributed by atoms with E-state index in [9.17, 15) is 5.11 Å². The number of hydrogen-bond donors (Lipinski definition) is 1. The predicted octanol–water partition coefficient (Wildman–Crippen LogP) is 6.33. The summed E-state index contributed by atoms with van der Waals surface area (Å²) in [6.45, 7) is 0. The van der Waals surface area contributed by atoms with Crippen molar-refractivity contribution in [2.24, 2.45) is 10.2 Å². The Morgan fingerprint density at radius 1 is 1.00 bits per heavy atom. The van der Waals surface area contributed by atoms with Crippen LogP contribution in [0.4, 0.5) is 10.8 Å². The molecule has 0 radical (unpaired) electrons. The summed E-state index contributed by atoms with van der Waals surface area (Å²) in [6.07, 6.45) is 0. The number of thiazole rings is 1. The van der Waals surface area contributed by atoms with Crippen LogP contribution in [0.25, 0.3) is 21.0 Å². The second-order valence-corrected chi connectivity index (χ2v) is 6.89. The number of azo groups is 1. The van der Waals surface area contributed by atoms with Crippen molar-refractivity contribution in [1.82, 2.24) is 4.98 Å². The first kappa shape index (κ1) is 14.3. The minimum absolute atomic E-state index is 0.135. The van der Waals surface area contributed by atoms with Gasteiger partial charge in [-0.15, -0.1) is 10.2 Å². The van der Waals surface area contributed by atoms with Gasteiger partial charge in [0.15, 0.2) is 5.75 Å². The van der Waals surface area contributed by atoms with Crippen LogP contribution in [-0.2, 0) is 0 Å². The smallest absolute Gasteiger partial charge is 0.231 e. The van der Waals surface area contributed by atoms with E-state index in [4.69, 9.17) is 0 Å². The number of aromatic nitrogens is 1. The van der Waals surface area contributed by atoms with Gasteiger partial charge < -0.3 is 5.11 Å². The molecule has 0 aliphatic rings. The molecule has 0 bridgehead atoms. The van der Waals surface area contributed by atoms with Gasteiger partial charge in [0.1, 0.15) is 5.69 Å². The molecular formula is C17H10BrN3OS. The van der Waals surface area contributed by atoms with Crippen LogP contribution in [0.1, 0.15) is 0 Å². The number of benzene rings is 3. The van der Waals surface area contributed by atoms with E-state index in [0.29, 0.717) is 10.8 Å². The second kappa shape index (κ2) is 5.72. The molecular weight excluding hydrogens is 374 g/mol. The highest BCUT2D eigenvalue weighted by Gasteiger charge is 2.07. The number of hydrogen-bond acceptors (Lipinski definition) is 5. The third-order valence-electron chi connectivity index (χ3n) is 3.46. The topological polar surface area (TPSA) is 57.8 Å². The summed E-state index contributed by atoms with van der Waals surface area (Å²) in [5, 5.41) is 20.9. The van der Waals surface area contributed by atoms with Crippen molar-refractivity contribution in [3.63, 3.8) is 0 Å². The van der Waals surface area contributed by atoms with E-state index >= 15 is 0 Å². The molecule has 0 aliphatic heterocycles. The lowest BCUT2D eigenvalue weighted by molar-refractivity contribution is 0.482. The summed E-state index contributed by atoms with van der Waals surface area (Å²) in [6, 6.07) is 17.2. The Labute approximate surface area is 144 Å². The highest BCUT2D eigenvalue weighted by Crippen LogP contribution is 2.36. The maximum absolute atomic E-state index is 10.3. The van der Waals surface area contributed by atoms with Gasteiger partial charge in [0.2, 0.25) is 5.13 Å². The summed E-state index contributed by atoms with van der Waals surface area (Å²) < 4.78 is 2.04. The summed E-state index contributed by atoms with van der Waals surface area (Å²) in [4.78, 5) is 4.42. The standard InChI is InChI=1S/C17H10BrN3OS/c18-11-6-8-13-15(9-11)23-17(19-13)21-20-14-7-5-10-3-1-2-4-12(10)16(14)22/h1-9,22H. The quantitative estimate of drug-likeness (QED) is 0.411. The van der Waals surface area contributed by atoms with E-state index in [1.54, 1.807) is 6.07 Å². The zero-order valence-corrected chi connectivity index (χ0v) is 14.2. The number of phenols is 1. The summed E-state index contributed by atoms with van der Waals surface area (Å²) in [5.74, 6) is 0.135. The van der Waals surface area contributed by atoms with Gasteiger partial charge in [-0.05, 0) is 29.7 Å². The zero-order valence-electron chi connectivity index (χ0n) is 11.8. The lowest BCUT2D eigenvalue weighted by atomic mass is 10.1. The van der Waals surface area contributed by atoms with Crippen LogP contribution in [0.3, 0.4) is 0 Å². The van der Waals surface area contributed by atoms with E-state index in [1.807, 2.05) is 48.5 Å². The fourth-order valence-electron chi connectivity index (χ4n) is 2.35. The minimum atomic E-state index is 0.135. The van der Waals surface area contributed by atoms with Crippen molar-refractivity contribution >= 4 is 59.1 Å². The molecule has 0 amide bonds. The van der Waals surface area contributed by atoms with E-state index in [1.165, 1.54) is 11.3 Å². The molecule has 6 heteroatoms. The van der Waals surface area contributed by atoms with Crippen LogP contribution in [0.5, 0.6) is 5.75 Å². The first-order valence-corrected chi connectivity index (χ1v) is 8.50. The zero-order chi connectivity index (χ0) is 15.8. The molecule has 0 unspecified atom stereocenters. The molecule has 0 atom stereocenters. The van der Waals surface area contributed by atoms with E-state index in [0.717, 1.165) is 25.5 Å². The molecule has 4 rings (SSSR count).